The van der Waals surface area contributed by atoms with Gasteiger partial charge in [-0.1, -0.05) is 84.9 Å². The number of nitrogens with one attached hydrogen (secondary N) is 1. The van der Waals surface area contributed by atoms with E-state index in [1.165, 1.54) is 5.56 Å². The lowest BCUT2D eigenvalue weighted by molar-refractivity contribution is 0.142. The average Bonchev–Trinajstić information content (AvgIpc) is 3.37. The van der Waals surface area contributed by atoms with Crippen molar-refractivity contribution < 1.29 is 24.1 Å². The number of hydrogen-bond donors (Lipinski definition) is 2. The van der Waals surface area contributed by atoms with Gasteiger partial charge in [0.15, 0.2) is 0 Å². The van der Waals surface area contributed by atoms with Gasteiger partial charge in [-0.25, -0.2) is 9.78 Å². The molecule has 2 aromatic heterocycles. The molecule has 0 amide bonds. The second-order valence-electron chi connectivity index (χ2n) is 10.4. The molecule has 7 heteroatoms. The number of aromatic nitrogens is 2. The minimum Gasteiger partial charge on any atom is -0.493 e. The van der Waals surface area contributed by atoms with E-state index < -0.39 is 6.16 Å². The molecule has 0 aliphatic heterocycles. The molecule has 2 N–H and O–H groups in total. The number of ether oxygens (including phenoxy) is 3. The monoisotopic (exact) mass is 572 g/mol. The molecule has 216 valence electrons. The van der Waals surface area contributed by atoms with Crippen molar-refractivity contribution in [2.45, 2.75) is 26.2 Å². The number of carboxylic acid groups (broad SMARTS) is 1. The zero-order valence-electron chi connectivity index (χ0n) is 23.9. The first-order chi connectivity index (χ1) is 21.1. The van der Waals surface area contributed by atoms with E-state index in [2.05, 4.69) is 34.2 Å². The summed E-state index contributed by atoms with van der Waals surface area (Å²) in [5.74, 6) is 1.59. The molecule has 4 aromatic carbocycles. The fourth-order valence-electron chi connectivity index (χ4n) is 5.44. The Morgan fingerprint density at radius 1 is 0.814 bits per heavy atom. The third kappa shape index (κ3) is 6.31. The van der Waals surface area contributed by atoms with Gasteiger partial charge in [0.25, 0.3) is 0 Å². The van der Waals surface area contributed by atoms with Crippen LogP contribution >= 0.6 is 0 Å². The summed E-state index contributed by atoms with van der Waals surface area (Å²) in [6.45, 7) is 2.98. The highest BCUT2D eigenvalue weighted by Crippen LogP contribution is 2.37. The van der Waals surface area contributed by atoms with Crippen molar-refractivity contribution in [3.05, 3.63) is 120 Å². The number of nitrogens with zero attached hydrogens (tertiary/aromatic N) is 1. The number of carbonyl (C=O) groups is 1. The molecule has 0 saturated heterocycles. The first-order valence-electron chi connectivity index (χ1n) is 14.4. The predicted octanol–water partition coefficient (Wildman–Crippen LogP) is 8.38. The van der Waals surface area contributed by atoms with Crippen LogP contribution in [0.2, 0.25) is 0 Å². The number of aryl methyl sites for hydroxylation is 2. The van der Waals surface area contributed by atoms with Crippen LogP contribution in [-0.4, -0.2) is 34.4 Å². The summed E-state index contributed by atoms with van der Waals surface area (Å²) in [5, 5.41) is 12.6. The van der Waals surface area contributed by atoms with Gasteiger partial charge in [0.1, 0.15) is 5.75 Å². The van der Waals surface area contributed by atoms with Crippen LogP contribution in [0.3, 0.4) is 0 Å². The lowest BCUT2D eigenvalue weighted by atomic mass is 9.98. The minimum absolute atomic E-state index is 0.228. The van der Waals surface area contributed by atoms with E-state index in [4.69, 9.17) is 14.2 Å². The molecule has 0 bridgehead atoms. The summed E-state index contributed by atoms with van der Waals surface area (Å²) in [6, 6.07) is 32.2. The molecule has 0 fully saturated rings. The van der Waals surface area contributed by atoms with Crippen LogP contribution in [0, 0.1) is 6.92 Å². The maximum atomic E-state index is 11.6. The van der Waals surface area contributed by atoms with Crippen molar-refractivity contribution in [1.29, 1.82) is 0 Å². The van der Waals surface area contributed by atoms with Crippen molar-refractivity contribution in [3.63, 3.8) is 0 Å². The fraction of sp³-hybridized carbons (Fsp3) is 0.167. The van der Waals surface area contributed by atoms with E-state index in [1.807, 2.05) is 79.7 Å². The molecule has 43 heavy (non-hydrogen) atoms. The van der Waals surface area contributed by atoms with Crippen LogP contribution < -0.4 is 14.2 Å². The molecule has 0 aliphatic carbocycles. The topological polar surface area (TPSA) is 93.7 Å². The third-order valence-electron chi connectivity index (χ3n) is 7.52. The van der Waals surface area contributed by atoms with Gasteiger partial charge < -0.3 is 24.3 Å². The van der Waals surface area contributed by atoms with Crippen LogP contribution in [-0.2, 0) is 12.8 Å². The Morgan fingerprint density at radius 3 is 2.44 bits per heavy atom. The van der Waals surface area contributed by atoms with Gasteiger partial charge in [0.05, 0.1) is 18.7 Å². The van der Waals surface area contributed by atoms with Gasteiger partial charge in [-0.2, -0.15) is 0 Å². The Kier molecular flexibility index (Phi) is 8.22. The number of para-hydroxylation sites is 1. The lowest BCUT2D eigenvalue weighted by Crippen LogP contribution is -2.06. The van der Waals surface area contributed by atoms with Gasteiger partial charge in [-0.3, -0.25) is 0 Å². The first-order valence-corrected chi connectivity index (χ1v) is 14.4. The molecule has 2 heterocycles. The van der Waals surface area contributed by atoms with Crippen LogP contribution in [0.1, 0.15) is 23.1 Å². The van der Waals surface area contributed by atoms with Gasteiger partial charge >= 0.3 is 6.16 Å². The molecular formula is C36H32N2O5. The molecular weight excluding hydrogens is 540 g/mol. The van der Waals surface area contributed by atoms with Gasteiger partial charge in [0, 0.05) is 40.6 Å². The molecule has 0 spiro atoms. The molecule has 6 aromatic rings. The average molecular weight is 573 g/mol. The minimum atomic E-state index is -1.37. The Labute approximate surface area is 249 Å². The molecule has 0 aliphatic rings. The van der Waals surface area contributed by atoms with Crippen LogP contribution in [0.15, 0.2) is 103 Å². The summed E-state index contributed by atoms with van der Waals surface area (Å²) < 4.78 is 17.4. The van der Waals surface area contributed by atoms with Crippen LogP contribution in [0.4, 0.5) is 4.79 Å². The highest BCUT2D eigenvalue weighted by Gasteiger charge is 2.19. The summed E-state index contributed by atoms with van der Waals surface area (Å²) in [6.07, 6.45) is 2.45. The summed E-state index contributed by atoms with van der Waals surface area (Å²) in [5.41, 5.74) is 5.64. The second kappa shape index (κ2) is 12.7. The van der Waals surface area contributed by atoms with E-state index in [0.717, 1.165) is 56.1 Å². The Morgan fingerprint density at radius 2 is 1.58 bits per heavy atom. The number of fused-ring (bicyclic) bond motifs is 2. The van der Waals surface area contributed by atoms with E-state index in [0.29, 0.717) is 31.9 Å². The molecule has 0 atom stereocenters. The van der Waals surface area contributed by atoms with Gasteiger partial charge in [-0.15, -0.1) is 0 Å². The van der Waals surface area contributed by atoms with Crippen molar-refractivity contribution in [2.24, 2.45) is 0 Å². The number of benzene rings is 4. The quantitative estimate of drug-likeness (QED) is 0.120. The Bertz CT molecular complexity index is 1880. The van der Waals surface area contributed by atoms with Crippen molar-refractivity contribution in [1.82, 2.24) is 9.97 Å². The number of pyridine rings is 1. The number of H-pyrrole nitrogens is 1. The number of rotatable bonds is 11. The second-order valence-corrected chi connectivity index (χ2v) is 10.4. The fourth-order valence-corrected chi connectivity index (χ4v) is 5.44. The van der Waals surface area contributed by atoms with E-state index in [1.54, 1.807) is 6.20 Å². The predicted molar refractivity (Wildman–Crippen MR) is 168 cm³/mol. The van der Waals surface area contributed by atoms with Gasteiger partial charge in [-0.05, 0) is 47.9 Å². The van der Waals surface area contributed by atoms with Crippen molar-refractivity contribution in [3.8, 4) is 28.6 Å². The highest BCUT2D eigenvalue weighted by molar-refractivity contribution is 5.98. The standard InChI is InChI=1S/C36H32N2O5/c1-24-23-37-33(42-21-19-25-10-3-2-4-11-25)22-31(24)29-16-8-15-28-30(35(38-34(28)29)43-36(39)40)17-9-20-41-32-18-7-13-26-12-5-6-14-27(26)32/h2-8,10-16,18,22-23,38H,9,17,19-21H2,1H3,(H,39,40). The normalized spacial score (nSPS) is 11.1. The first kappa shape index (κ1) is 27.8. The van der Waals surface area contributed by atoms with Crippen LogP contribution in [0.25, 0.3) is 32.8 Å². The molecule has 0 radical (unpaired) electrons. The summed E-state index contributed by atoms with van der Waals surface area (Å²) in [7, 11) is 0. The Hall–Kier alpha value is -5.30. The summed E-state index contributed by atoms with van der Waals surface area (Å²) >= 11 is 0. The lowest BCUT2D eigenvalue weighted by Gasteiger charge is -2.11. The van der Waals surface area contributed by atoms with E-state index >= 15 is 0 Å². The highest BCUT2D eigenvalue weighted by atomic mass is 16.7. The smallest absolute Gasteiger partial charge is 0.493 e. The van der Waals surface area contributed by atoms with Crippen LogP contribution in [0.5, 0.6) is 17.5 Å². The molecule has 0 saturated carbocycles. The summed E-state index contributed by atoms with van der Waals surface area (Å²) in [4.78, 5) is 19.3. The third-order valence-corrected chi connectivity index (χ3v) is 7.52. The van der Waals surface area contributed by atoms with E-state index in [-0.39, 0.29) is 5.88 Å². The molecule has 0 unspecified atom stereocenters. The maximum absolute atomic E-state index is 11.6. The zero-order valence-corrected chi connectivity index (χ0v) is 23.9. The van der Waals surface area contributed by atoms with Gasteiger partial charge in [0.2, 0.25) is 11.8 Å². The van der Waals surface area contributed by atoms with Crippen molar-refractivity contribution in [2.75, 3.05) is 13.2 Å². The molecule has 6 rings (SSSR count). The number of hydrogen-bond acceptors (Lipinski definition) is 5. The zero-order chi connectivity index (χ0) is 29.6. The van der Waals surface area contributed by atoms with Crippen molar-refractivity contribution >= 4 is 27.8 Å². The largest absolute Gasteiger partial charge is 0.512 e. The molecule has 7 nitrogen and oxygen atoms in total. The Balaban J connectivity index is 1.23. The number of aromatic amines is 1. The SMILES string of the molecule is Cc1cnc(OCCc2ccccc2)cc1-c1cccc2c(CCCOc3cccc4ccccc34)c(OC(=O)O)[nH]c12. The van der Waals surface area contributed by atoms with E-state index in [9.17, 15) is 9.90 Å². The maximum Gasteiger partial charge on any atom is 0.512 e.